The molecule has 0 bridgehead atoms. The van der Waals surface area contributed by atoms with E-state index in [1.54, 1.807) is 30.5 Å². The molecule has 0 radical (unpaired) electrons. The molecule has 1 unspecified atom stereocenters. The SMILES string of the molecule is CCC(CO)Nc1ccc(NC(=O)c2cccc(Br)c2)cn1. The van der Waals surface area contributed by atoms with E-state index in [0.717, 1.165) is 10.9 Å². The molecule has 22 heavy (non-hydrogen) atoms. The molecule has 1 aromatic heterocycles. The summed E-state index contributed by atoms with van der Waals surface area (Å²) in [5.74, 6) is 0.479. The van der Waals surface area contributed by atoms with E-state index in [0.29, 0.717) is 17.1 Å². The van der Waals surface area contributed by atoms with Crippen molar-refractivity contribution in [2.75, 3.05) is 17.2 Å². The molecule has 0 saturated carbocycles. The lowest BCUT2D eigenvalue weighted by Crippen LogP contribution is -2.23. The van der Waals surface area contributed by atoms with Gasteiger partial charge < -0.3 is 15.7 Å². The minimum atomic E-state index is -0.189. The Kier molecular flexibility index (Phi) is 5.91. The zero-order chi connectivity index (χ0) is 15.9. The van der Waals surface area contributed by atoms with Crippen LogP contribution in [0.25, 0.3) is 0 Å². The fraction of sp³-hybridized carbons (Fsp3) is 0.250. The normalized spacial score (nSPS) is 11.8. The summed E-state index contributed by atoms with van der Waals surface area (Å²) in [6.07, 6.45) is 2.39. The second kappa shape index (κ2) is 7.91. The van der Waals surface area contributed by atoms with Gasteiger partial charge in [-0.3, -0.25) is 4.79 Å². The fourth-order valence-electron chi connectivity index (χ4n) is 1.87. The molecule has 0 aliphatic carbocycles. The van der Waals surface area contributed by atoms with Crippen LogP contribution in [0, 0.1) is 0 Å². The van der Waals surface area contributed by atoms with Crippen molar-refractivity contribution in [2.45, 2.75) is 19.4 Å². The van der Waals surface area contributed by atoms with E-state index in [4.69, 9.17) is 5.11 Å². The standard InChI is InChI=1S/C16H18BrN3O2/c1-2-13(10-21)19-15-7-6-14(9-18-15)20-16(22)11-4-3-5-12(17)8-11/h3-9,13,21H,2,10H2,1H3,(H,18,19)(H,20,22). The van der Waals surface area contributed by atoms with Crippen LogP contribution in [0.5, 0.6) is 0 Å². The molecule has 5 nitrogen and oxygen atoms in total. The van der Waals surface area contributed by atoms with Crippen LogP contribution >= 0.6 is 15.9 Å². The van der Waals surface area contributed by atoms with Gasteiger partial charge in [0.05, 0.1) is 24.5 Å². The first-order valence-electron chi connectivity index (χ1n) is 7.02. The molecule has 116 valence electrons. The smallest absolute Gasteiger partial charge is 0.255 e. The van der Waals surface area contributed by atoms with Crippen LogP contribution in [-0.2, 0) is 0 Å². The first kappa shape index (κ1) is 16.5. The lowest BCUT2D eigenvalue weighted by Gasteiger charge is -2.14. The van der Waals surface area contributed by atoms with E-state index in [9.17, 15) is 4.79 Å². The highest BCUT2D eigenvalue weighted by Gasteiger charge is 2.08. The van der Waals surface area contributed by atoms with Gasteiger partial charge in [0.15, 0.2) is 0 Å². The summed E-state index contributed by atoms with van der Waals surface area (Å²) >= 11 is 3.34. The average molecular weight is 364 g/mol. The number of hydrogen-bond acceptors (Lipinski definition) is 4. The average Bonchev–Trinajstić information content (AvgIpc) is 2.54. The molecule has 6 heteroatoms. The summed E-state index contributed by atoms with van der Waals surface area (Å²) in [5, 5.41) is 15.1. The number of amides is 1. The summed E-state index contributed by atoms with van der Waals surface area (Å²) in [6, 6.07) is 10.7. The maximum atomic E-state index is 12.1. The third-order valence-corrected chi connectivity index (χ3v) is 3.67. The van der Waals surface area contributed by atoms with Gasteiger partial charge in [-0.05, 0) is 36.8 Å². The number of rotatable bonds is 6. The quantitative estimate of drug-likeness (QED) is 0.736. The van der Waals surface area contributed by atoms with Gasteiger partial charge in [-0.1, -0.05) is 28.9 Å². The van der Waals surface area contributed by atoms with Crippen LogP contribution in [0.15, 0.2) is 47.1 Å². The molecule has 0 aliphatic rings. The zero-order valence-electron chi connectivity index (χ0n) is 12.2. The minimum Gasteiger partial charge on any atom is -0.394 e. The van der Waals surface area contributed by atoms with Crippen LogP contribution in [-0.4, -0.2) is 28.6 Å². The monoisotopic (exact) mass is 363 g/mol. The van der Waals surface area contributed by atoms with Crippen molar-refractivity contribution in [1.82, 2.24) is 4.98 Å². The summed E-state index contributed by atoms with van der Waals surface area (Å²) in [7, 11) is 0. The number of benzene rings is 1. The number of carbonyl (C=O) groups is 1. The van der Waals surface area contributed by atoms with Crippen LogP contribution in [0.1, 0.15) is 23.7 Å². The minimum absolute atomic E-state index is 0.0189. The first-order valence-corrected chi connectivity index (χ1v) is 7.82. The molecule has 2 aromatic rings. The van der Waals surface area contributed by atoms with Crippen molar-refractivity contribution in [3.8, 4) is 0 Å². The lowest BCUT2D eigenvalue weighted by molar-refractivity contribution is 0.102. The van der Waals surface area contributed by atoms with Gasteiger partial charge in [0.25, 0.3) is 5.91 Å². The Labute approximate surface area is 137 Å². The summed E-state index contributed by atoms with van der Waals surface area (Å²) in [5.41, 5.74) is 1.19. The van der Waals surface area contributed by atoms with E-state index in [1.165, 1.54) is 0 Å². The maximum absolute atomic E-state index is 12.1. The predicted octanol–water partition coefficient (Wildman–Crippen LogP) is 3.28. The van der Waals surface area contributed by atoms with Crippen LogP contribution in [0.4, 0.5) is 11.5 Å². The van der Waals surface area contributed by atoms with Gasteiger partial charge in [0, 0.05) is 10.0 Å². The fourth-order valence-corrected chi connectivity index (χ4v) is 2.27. The molecule has 0 aliphatic heterocycles. The Balaban J connectivity index is 2.00. The number of halogens is 1. The number of hydrogen-bond donors (Lipinski definition) is 3. The Morgan fingerprint density at radius 2 is 2.18 bits per heavy atom. The molecule has 0 fully saturated rings. The van der Waals surface area contributed by atoms with Crippen molar-refractivity contribution < 1.29 is 9.90 Å². The van der Waals surface area contributed by atoms with Crippen molar-refractivity contribution >= 4 is 33.3 Å². The van der Waals surface area contributed by atoms with Crippen LogP contribution in [0.3, 0.4) is 0 Å². The van der Waals surface area contributed by atoms with E-state index >= 15 is 0 Å². The molecule has 1 amide bonds. The van der Waals surface area contributed by atoms with Gasteiger partial charge in [-0.2, -0.15) is 0 Å². The number of nitrogens with zero attached hydrogens (tertiary/aromatic N) is 1. The number of pyridine rings is 1. The van der Waals surface area contributed by atoms with E-state index in [2.05, 4.69) is 31.5 Å². The highest BCUT2D eigenvalue weighted by Crippen LogP contribution is 2.15. The Morgan fingerprint density at radius 1 is 1.36 bits per heavy atom. The number of aromatic nitrogens is 1. The number of aliphatic hydroxyl groups excluding tert-OH is 1. The molecule has 2 rings (SSSR count). The Morgan fingerprint density at radius 3 is 2.77 bits per heavy atom. The van der Waals surface area contributed by atoms with Gasteiger partial charge in [0.1, 0.15) is 5.82 Å². The van der Waals surface area contributed by atoms with E-state index in [-0.39, 0.29) is 18.6 Å². The van der Waals surface area contributed by atoms with Crippen molar-refractivity contribution in [3.05, 3.63) is 52.6 Å². The van der Waals surface area contributed by atoms with Gasteiger partial charge in [-0.25, -0.2) is 4.98 Å². The third-order valence-electron chi connectivity index (χ3n) is 3.17. The zero-order valence-corrected chi connectivity index (χ0v) is 13.8. The molecule has 1 aromatic carbocycles. The lowest BCUT2D eigenvalue weighted by atomic mass is 10.2. The largest absolute Gasteiger partial charge is 0.394 e. The number of carbonyl (C=O) groups excluding carboxylic acids is 1. The van der Waals surface area contributed by atoms with Crippen LogP contribution in [0.2, 0.25) is 0 Å². The van der Waals surface area contributed by atoms with Crippen molar-refractivity contribution in [2.24, 2.45) is 0 Å². The van der Waals surface area contributed by atoms with Gasteiger partial charge >= 0.3 is 0 Å². The predicted molar refractivity (Wildman–Crippen MR) is 91.1 cm³/mol. The van der Waals surface area contributed by atoms with Gasteiger partial charge in [-0.15, -0.1) is 0 Å². The number of nitrogens with one attached hydrogen (secondary N) is 2. The topological polar surface area (TPSA) is 74.2 Å². The van der Waals surface area contributed by atoms with Crippen LogP contribution < -0.4 is 10.6 Å². The molecule has 1 heterocycles. The van der Waals surface area contributed by atoms with E-state index in [1.807, 2.05) is 19.1 Å². The highest BCUT2D eigenvalue weighted by molar-refractivity contribution is 9.10. The summed E-state index contributed by atoms with van der Waals surface area (Å²) in [6.45, 7) is 2.04. The third kappa shape index (κ3) is 4.54. The maximum Gasteiger partial charge on any atom is 0.255 e. The van der Waals surface area contributed by atoms with Crippen molar-refractivity contribution in [1.29, 1.82) is 0 Å². The molecule has 0 spiro atoms. The summed E-state index contributed by atoms with van der Waals surface area (Å²) in [4.78, 5) is 16.3. The molecular weight excluding hydrogens is 346 g/mol. The van der Waals surface area contributed by atoms with E-state index < -0.39 is 0 Å². The Hall–Kier alpha value is -1.92. The summed E-state index contributed by atoms with van der Waals surface area (Å²) < 4.78 is 0.854. The molecule has 0 saturated heterocycles. The first-order chi connectivity index (χ1) is 10.6. The number of anilines is 2. The Bertz CT molecular complexity index is 628. The molecule has 1 atom stereocenters. The molecular formula is C16H18BrN3O2. The van der Waals surface area contributed by atoms with Gasteiger partial charge in [0.2, 0.25) is 0 Å². The molecule has 3 N–H and O–H groups in total. The second-order valence-corrected chi connectivity index (χ2v) is 5.74. The number of aliphatic hydroxyl groups is 1. The highest BCUT2D eigenvalue weighted by atomic mass is 79.9. The van der Waals surface area contributed by atoms with Crippen molar-refractivity contribution in [3.63, 3.8) is 0 Å². The second-order valence-electron chi connectivity index (χ2n) is 4.83.